The number of aromatic amines is 1. The molecule has 0 unspecified atom stereocenters. The van der Waals surface area contributed by atoms with Crippen molar-refractivity contribution in [3.8, 4) is 0 Å². The van der Waals surface area contributed by atoms with Gasteiger partial charge in [0.05, 0.1) is 0 Å². The van der Waals surface area contributed by atoms with Crippen molar-refractivity contribution in [2.75, 3.05) is 0 Å². The lowest BCUT2D eigenvalue weighted by molar-refractivity contribution is 0.0834. The number of benzene rings is 1. The van der Waals surface area contributed by atoms with Gasteiger partial charge in [-0.3, -0.25) is 4.79 Å². The van der Waals surface area contributed by atoms with Gasteiger partial charge in [-0.1, -0.05) is 39.0 Å². The number of para-hydroxylation sites is 1. The van der Waals surface area contributed by atoms with Crippen molar-refractivity contribution >= 4 is 16.7 Å². The third kappa shape index (κ3) is 1.88. The second-order valence-corrected chi connectivity index (χ2v) is 5.24. The molecule has 0 aliphatic rings. The van der Waals surface area contributed by atoms with E-state index in [1.54, 1.807) is 0 Å². The smallest absolute Gasteiger partial charge is 0.170 e. The van der Waals surface area contributed by atoms with Crippen molar-refractivity contribution in [3.05, 3.63) is 35.5 Å². The molecule has 0 radical (unpaired) electrons. The number of rotatable bonds is 3. The van der Waals surface area contributed by atoms with Crippen LogP contribution in [0.25, 0.3) is 10.9 Å². The van der Waals surface area contributed by atoms with Crippen LogP contribution >= 0.6 is 0 Å². The van der Waals surface area contributed by atoms with E-state index in [0.29, 0.717) is 0 Å². The summed E-state index contributed by atoms with van der Waals surface area (Å²) in [7, 11) is 0. The number of H-pyrrole nitrogens is 1. The molecular weight excluding hydrogens is 210 g/mol. The van der Waals surface area contributed by atoms with Gasteiger partial charge in [0.15, 0.2) is 5.78 Å². The van der Waals surface area contributed by atoms with Crippen molar-refractivity contribution in [1.82, 2.24) is 4.98 Å². The Labute approximate surface area is 102 Å². The van der Waals surface area contributed by atoms with Crippen molar-refractivity contribution in [1.29, 1.82) is 0 Å². The number of hydrogen-bond acceptors (Lipinski definition) is 1. The Kier molecular flexibility index (Phi) is 2.82. The van der Waals surface area contributed by atoms with E-state index in [9.17, 15) is 4.79 Å². The molecule has 0 aliphatic heterocycles. The Balaban J connectivity index is 2.63. The summed E-state index contributed by atoms with van der Waals surface area (Å²) in [5, 5.41) is 1.04. The Bertz CT molecular complexity index is 563. The van der Waals surface area contributed by atoms with Crippen molar-refractivity contribution in [2.45, 2.75) is 34.1 Å². The number of aryl methyl sites for hydroxylation is 1. The minimum absolute atomic E-state index is 0.231. The maximum atomic E-state index is 12.6. The predicted octanol–water partition coefficient (Wildman–Crippen LogP) is 4.10. The normalized spacial score (nSPS) is 12.0. The van der Waals surface area contributed by atoms with Gasteiger partial charge in [-0.25, -0.2) is 0 Å². The van der Waals surface area contributed by atoms with Crippen molar-refractivity contribution in [3.63, 3.8) is 0 Å². The molecule has 0 aliphatic carbocycles. The number of aromatic nitrogens is 1. The zero-order chi connectivity index (χ0) is 12.6. The topological polar surface area (TPSA) is 32.9 Å². The van der Waals surface area contributed by atoms with Crippen LogP contribution in [0, 0.1) is 12.3 Å². The number of hydrogen-bond donors (Lipinski definition) is 1. The van der Waals surface area contributed by atoms with Crippen LogP contribution in [0.1, 0.15) is 43.2 Å². The lowest BCUT2D eigenvalue weighted by Gasteiger charge is -2.20. The SMILES string of the molecule is CCC(C)(C)C(=O)c1c(C)[nH]c2ccccc12. The Hall–Kier alpha value is -1.57. The number of carbonyl (C=O) groups is 1. The van der Waals surface area contributed by atoms with E-state index in [-0.39, 0.29) is 11.2 Å². The van der Waals surface area contributed by atoms with Gasteiger partial charge in [0.1, 0.15) is 0 Å². The minimum Gasteiger partial charge on any atom is -0.358 e. The van der Waals surface area contributed by atoms with Gasteiger partial charge >= 0.3 is 0 Å². The maximum absolute atomic E-state index is 12.6. The Morgan fingerprint density at radius 3 is 2.59 bits per heavy atom. The van der Waals surface area contributed by atoms with Crippen LogP contribution in [0.3, 0.4) is 0 Å². The van der Waals surface area contributed by atoms with Crippen LogP contribution in [-0.2, 0) is 0 Å². The molecule has 2 aromatic rings. The number of Topliss-reactive ketones (excluding diaryl/α,β-unsaturated/α-hetero) is 1. The zero-order valence-electron chi connectivity index (χ0n) is 10.9. The molecule has 0 saturated carbocycles. The first kappa shape index (κ1) is 11.9. The fraction of sp³-hybridized carbons (Fsp3) is 0.400. The molecule has 0 saturated heterocycles. The fourth-order valence-corrected chi connectivity index (χ4v) is 2.07. The van der Waals surface area contributed by atoms with E-state index in [1.165, 1.54) is 0 Å². The lowest BCUT2D eigenvalue weighted by Crippen LogP contribution is -2.23. The summed E-state index contributed by atoms with van der Waals surface area (Å²) in [6.07, 6.45) is 0.852. The van der Waals surface area contributed by atoms with Gasteiger partial charge in [0, 0.05) is 27.6 Å². The lowest BCUT2D eigenvalue weighted by atomic mass is 9.81. The summed E-state index contributed by atoms with van der Waals surface area (Å²) in [6.45, 7) is 8.05. The summed E-state index contributed by atoms with van der Waals surface area (Å²) in [5.74, 6) is 0.231. The summed E-state index contributed by atoms with van der Waals surface area (Å²) in [5.41, 5.74) is 2.57. The summed E-state index contributed by atoms with van der Waals surface area (Å²) >= 11 is 0. The van der Waals surface area contributed by atoms with Gasteiger partial charge in [0.25, 0.3) is 0 Å². The molecule has 1 aromatic heterocycles. The van der Waals surface area contributed by atoms with Crippen LogP contribution in [-0.4, -0.2) is 10.8 Å². The van der Waals surface area contributed by atoms with Gasteiger partial charge in [-0.15, -0.1) is 0 Å². The van der Waals surface area contributed by atoms with E-state index >= 15 is 0 Å². The monoisotopic (exact) mass is 229 g/mol. The van der Waals surface area contributed by atoms with Crippen LogP contribution < -0.4 is 0 Å². The van der Waals surface area contributed by atoms with E-state index in [4.69, 9.17) is 0 Å². The van der Waals surface area contributed by atoms with Crippen molar-refractivity contribution < 1.29 is 4.79 Å². The van der Waals surface area contributed by atoms with Crippen LogP contribution in [0.5, 0.6) is 0 Å². The highest BCUT2D eigenvalue weighted by molar-refractivity contribution is 6.11. The molecule has 17 heavy (non-hydrogen) atoms. The summed E-state index contributed by atoms with van der Waals surface area (Å²) in [6, 6.07) is 7.98. The average molecular weight is 229 g/mol. The second kappa shape index (κ2) is 4.02. The summed E-state index contributed by atoms with van der Waals surface area (Å²) < 4.78 is 0. The molecule has 1 N–H and O–H groups in total. The maximum Gasteiger partial charge on any atom is 0.170 e. The first-order valence-electron chi connectivity index (χ1n) is 6.09. The number of carbonyl (C=O) groups excluding carboxylic acids is 1. The molecule has 2 rings (SSSR count). The molecular formula is C15H19NO. The minimum atomic E-state index is -0.296. The van der Waals surface area contributed by atoms with E-state index in [2.05, 4.69) is 11.9 Å². The van der Waals surface area contributed by atoms with Gasteiger partial charge in [-0.2, -0.15) is 0 Å². The fourth-order valence-electron chi connectivity index (χ4n) is 2.07. The standard InChI is InChI=1S/C15H19NO/c1-5-15(3,4)14(17)13-10(2)16-12-9-7-6-8-11(12)13/h6-9,16H,5H2,1-4H3. The molecule has 0 spiro atoms. The highest BCUT2D eigenvalue weighted by Crippen LogP contribution is 2.31. The first-order valence-corrected chi connectivity index (χ1v) is 6.09. The van der Waals surface area contributed by atoms with E-state index in [0.717, 1.165) is 28.6 Å². The predicted molar refractivity (Wildman–Crippen MR) is 71.4 cm³/mol. The van der Waals surface area contributed by atoms with Gasteiger partial charge in [0.2, 0.25) is 0 Å². The molecule has 90 valence electrons. The van der Waals surface area contributed by atoms with Crippen LogP contribution in [0.15, 0.2) is 24.3 Å². The molecule has 0 fully saturated rings. The number of fused-ring (bicyclic) bond motifs is 1. The Morgan fingerprint density at radius 1 is 1.29 bits per heavy atom. The molecule has 1 aromatic carbocycles. The van der Waals surface area contributed by atoms with E-state index in [1.807, 2.05) is 45.0 Å². The Morgan fingerprint density at radius 2 is 1.94 bits per heavy atom. The quantitative estimate of drug-likeness (QED) is 0.790. The molecule has 0 bridgehead atoms. The molecule has 2 nitrogen and oxygen atoms in total. The zero-order valence-corrected chi connectivity index (χ0v) is 10.9. The highest BCUT2D eigenvalue weighted by Gasteiger charge is 2.29. The van der Waals surface area contributed by atoms with Gasteiger partial charge in [-0.05, 0) is 19.4 Å². The molecule has 1 heterocycles. The first-order chi connectivity index (χ1) is 7.97. The average Bonchev–Trinajstić information content (AvgIpc) is 2.64. The number of ketones is 1. The second-order valence-electron chi connectivity index (χ2n) is 5.24. The van der Waals surface area contributed by atoms with E-state index < -0.39 is 0 Å². The highest BCUT2D eigenvalue weighted by atomic mass is 16.1. The third-order valence-corrected chi connectivity index (χ3v) is 3.62. The summed E-state index contributed by atoms with van der Waals surface area (Å²) in [4.78, 5) is 15.9. The molecule has 0 amide bonds. The van der Waals surface area contributed by atoms with Crippen molar-refractivity contribution in [2.24, 2.45) is 5.41 Å². The largest absolute Gasteiger partial charge is 0.358 e. The van der Waals surface area contributed by atoms with Gasteiger partial charge < -0.3 is 4.98 Å². The number of nitrogens with one attached hydrogen (secondary N) is 1. The molecule has 2 heteroatoms. The molecule has 0 atom stereocenters. The third-order valence-electron chi connectivity index (χ3n) is 3.62. The van der Waals surface area contributed by atoms with Crippen LogP contribution in [0.4, 0.5) is 0 Å². The van der Waals surface area contributed by atoms with Crippen LogP contribution in [0.2, 0.25) is 0 Å².